The maximum Gasteiger partial charge on any atom is 0.326 e. The summed E-state index contributed by atoms with van der Waals surface area (Å²) in [4.78, 5) is 24.9. The Morgan fingerprint density at radius 1 is 1.42 bits per heavy atom. The van der Waals surface area contributed by atoms with Crippen molar-refractivity contribution in [3.05, 3.63) is 0 Å². The Morgan fingerprint density at radius 2 is 2.21 bits per heavy atom. The molecular weight excluding hydrogens is 264 g/mol. The monoisotopic (exact) mass is 286 g/mol. The minimum Gasteiger partial charge on any atom is -0.480 e. The summed E-state index contributed by atoms with van der Waals surface area (Å²) in [5.41, 5.74) is 0. The predicted molar refractivity (Wildman–Crippen MR) is 75.4 cm³/mol. The van der Waals surface area contributed by atoms with Gasteiger partial charge in [0.2, 0.25) is 0 Å². The molecule has 19 heavy (non-hydrogen) atoms. The summed E-state index contributed by atoms with van der Waals surface area (Å²) in [6.45, 7) is 3.24. The number of carboxylic acid groups (broad SMARTS) is 1. The zero-order valence-electron chi connectivity index (χ0n) is 11.3. The van der Waals surface area contributed by atoms with Crippen molar-refractivity contribution in [1.82, 2.24) is 10.2 Å². The van der Waals surface area contributed by atoms with Gasteiger partial charge in [-0.3, -0.25) is 0 Å². The minimum atomic E-state index is -0.892. The lowest BCUT2D eigenvalue weighted by Crippen LogP contribution is -2.53. The van der Waals surface area contributed by atoms with E-state index in [4.69, 9.17) is 0 Å². The molecule has 2 fully saturated rings. The molecule has 0 aromatic heterocycles. The largest absolute Gasteiger partial charge is 0.480 e. The van der Waals surface area contributed by atoms with Gasteiger partial charge in [0, 0.05) is 18.3 Å². The lowest BCUT2D eigenvalue weighted by molar-refractivity contribution is -0.143. The molecule has 108 valence electrons. The molecule has 0 aromatic carbocycles. The Balaban J connectivity index is 1.86. The van der Waals surface area contributed by atoms with Crippen LogP contribution in [0.4, 0.5) is 4.79 Å². The van der Waals surface area contributed by atoms with E-state index in [2.05, 4.69) is 5.32 Å². The molecule has 3 unspecified atom stereocenters. The number of nitrogens with one attached hydrogen (secondary N) is 1. The van der Waals surface area contributed by atoms with Gasteiger partial charge in [-0.05, 0) is 37.4 Å². The van der Waals surface area contributed by atoms with Crippen LogP contribution in [0.15, 0.2) is 0 Å². The van der Waals surface area contributed by atoms with E-state index in [-0.39, 0.29) is 6.03 Å². The number of likely N-dealkylation sites (tertiary alicyclic amines) is 1. The van der Waals surface area contributed by atoms with Crippen LogP contribution < -0.4 is 5.32 Å². The number of rotatable bonds is 3. The fourth-order valence-electron chi connectivity index (χ4n) is 2.73. The minimum absolute atomic E-state index is 0.216. The van der Waals surface area contributed by atoms with Gasteiger partial charge in [-0.2, -0.15) is 11.8 Å². The Bertz CT molecular complexity index is 345. The van der Waals surface area contributed by atoms with Gasteiger partial charge < -0.3 is 15.3 Å². The van der Waals surface area contributed by atoms with Crippen molar-refractivity contribution in [1.29, 1.82) is 0 Å². The lowest BCUT2D eigenvalue weighted by Gasteiger charge is -2.36. The summed E-state index contributed by atoms with van der Waals surface area (Å²) in [7, 11) is 0. The summed E-state index contributed by atoms with van der Waals surface area (Å²) in [5.74, 6) is 0.645. The smallest absolute Gasteiger partial charge is 0.326 e. The Hall–Kier alpha value is -0.910. The summed E-state index contributed by atoms with van der Waals surface area (Å²) < 4.78 is 0. The Morgan fingerprint density at radius 3 is 2.84 bits per heavy atom. The van der Waals surface area contributed by atoms with Gasteiger partial charge in [-0.1, -0.05) is 6.92 Å². The fraction of sp³-hybridized carbons (Fsp3) is 0.846. The molecule has 2 saturated heterocycles. The number of nitrogens with zero attached hydrogens (tertiary/aromatic N) is 1. The maximum absolute atomic E-state index is 12.1. The third-order valence-electron chi connectivity index (χ3n) is 3.92. The molecule has 6 heteroatoms. The second-order valence-electron chi connectivity index (χ2n) is 5.50. The number of piperidine rings is 1. The van der Waals surface area contributed by atoms with Crippen molar-refractivity contribution >= 4 is 23.8 Å². The number of hydrogen-bond donors (Lipinski definition) is 2. The summed E-state index contributed by atoms with van der Waals surface area (Å²) in [6.07, 6.45) is 3.80. The molecule has 2 aliphatic rings. The molecule has 5 nitrogen and oxygen atoms in total. The normalized spacial score (nSPS) is 31.2. The first-order chi connectivity index (χ1) is 9.08. The molecule has 2 heterocycles. The number of carbonyl (C=O) groups excluding carboxylic acids is 1. The molecule has 0 saturated carbocycles. The van der Waals surface area contributed by atoms with Gasteiger partial charge in [0.15, 0.2) is 0 Å². The van der Waals surface area contributed by atoms with E-state index >= 15 is 0 Å². The van der Waals surface area contributed by atoms with Gasteiger partial charge in [0.1, 0.15) is 6.04 Å². The molecule has 0 spiro atoms. The van der Waals surface area contributed by atoms with Crippen molar-refractivity contribution in [2.45, 2.75) is 43.9 Å². The highest BCUT2D eigenvalue weighted by Gasteiger charge is 2.34. The zero-order valence-corrected chi connectivity index (χ0v) is 12.1. The third-order valence-corrected chi connectivity index (χ3v) is 5.31. The summed E-state index contributed by atoms with van der Waals surface area (Å²) >= 11 is 1.89. The lowest BCUT2D eigenvalue weighted by atomic mass is 9.93. The molecule has 2 rings (SSSR count). The summed E-state index contributed by atoms with van der Waals surface area (Å²) in [5, 5.41) is 12.6. The van der Waals surface area contributed by atoms with Crippen molar-refractivity contribution < 1.29 is 14.7 Å². The Labute approximate surface area is 118 Å². The topological polar surface area (TPSA) is 69.6 Å². The van der Waals surface area contributed by atoms with Crippen molar-refractivity contribution in [3.8, 4) is 0 Å². The average Bonchev–Trinajstić information content (AvgIpc) is 2.88. The molecule has 2 aliphatic heterocycles. The Kier molecular flexibility index (Phi) is 4.96. The standard InChI is InChI=1S/C13H22N2O3S/c1-9-4-5-15(11(7-9)12(16)17)13(18)14-8-10-3-2-6-19-10/h9-11H,2-8H2,1H3,(H,14,18)(H,16,17). The third kappa shape index (κ3) is 3.78. The highest BCUT2D eigenvalue weighted by atomic mass is 32.2. The molecular formula is C13H22N2O3S. The number of carboxylic acids is 1. The molecule has 3 atom stereocenters. The van der Waals surface area contributed by atoms with Crippen LogP contribution in [0.1, 0.15) is 32.6 Å². The van der Waals surface area contributed by atoms with Gasteiger partial charge in [-0.25, -0.2) is 9.59 Å². The molecule has 0 aromatic rings. The SMILES string of the molecule is CC1CCN(C(=O)NCC2CCCS2)C(C(=O)O)C1. The van der Waals surface area contributed by atoms with Gasteiger partial charge in [0.05, 0.1) is 0 Å². The van der Waals surface area contributed by atoms with Crippen molar-refractivity contribution in [2.24, 2.45) is 5.92 Å². The second kappa shape index (κ2) is 6.50. The van der Waals surface area contributed by atoms with Crippen LogP contribution in [-0.4, -0.2) is 52.1 Å². The molecule has 0 bridgehead atoms. The van der Waals surface area contributed by atoms with Gasteiger partial charge >= 0.3 is 12.0 Å². The summed E-state index contributed by atoms with van der Waals surface area (Å²) in [6, 6.07) is -0.883. The predicted octanol–water partition coefficient (Wildman–Crippen LogP) is 1.78. The zero-order chi connectivity index (χ0) is 13.8. The first-order valence-corrected chi connectivity index (χ1v) is 8.01. The first-order valence-electron chi connectivity index (χ1n) is 6.97. The maximum atomic E-state index is 12.1. The van der Waals surface area contributed by atoms with E-state index in [1.165, 1.54) is 17.1 Å². The van der Waals surface area contributed by atoms with Gasteiger partial charge in [-0.15, -0.1) is 0 Å². The van der Waals surface area contributed by atoms with E-state index in [0.29, 0.717) is 30.7 Å². The number of carbonyl (C=O) groups is 2. The van der Waals surface area contributed by atoms with Crippen LogP contribution in [-0.2, 0) is 4.79 Å². The molecule has 0 radical (unpaired) electrons. The second-order valence-corrected chi connectivity index (χ2v) is 6.91. The van der Waals surface area contributed by atoms with E-state index in [1.807, 2.05) is 18.7 Å². The van der Waals surface area contributed by atoms with Crippen LogP contribution in [0, 0.1) is 5.92 Å². The first kappa shape index (κ1) is 14.5. The fourth-order valence-corrected chi connectivity index (χ4v) is 3.93. The molecule has 2 amide bonds. The van der Waals surface area contributed by atoms with Crippen molar-refractivity contribution in [2.75, 3.05) is 18.8 Å². The van der Waals surface area contributed by atoms with Crippen LogP contribution in [0.2, 0.25) is 0 Å². The van der Waals surface area contributed by atoms with E-state index in [1.54, 1.807) is 0 Å². The van der Waals surface area contributed by atoms with Crippen molar-refractivity contribution in [3.63, 3.8) is 0 Å². The highest BCUT2D eigenvalue weighted by Crippen LogP contribution is 2.26. The number of amides is 2. The quantitative estimate of drug-likeness (QED) is 0.829. The average molecular weight is 286 g/mol. The molecule has 0 aliphatic carbocycles. The molecule has 2 N–H and O–H groups in total. The van der Waals surface area contributed by atoms with E-state index in [9.17, 15) is 14.7 Å². The number of thioether (sulfide) groups is 1. The van der Waals surface area contributed by atoms with Crippen LogP contribution in [0.5, 0.6) is 0 Å². The number of hydrogen-bond acceptors (Lipinski definition) is 3. The van der Waals surface area contributed by atoms with E-state index in [0.717, 1.165) is 12.8 Å². The van der Waals surface area contributed by atoms with Crippen LogP contribution in [0.3, 0.4) is 0 Å². The van der Waals surface area contributed by atoms with Crippen LogP contribution >= 0.6 is 11.8 Å². The highest BCUT2D eigenvalue weighted by molar-refractivity contribution is 8.00. The van der Waals surface area contributed by atoms with E-state index < -0.39 is 12.0 Å². The van der Waals surface area contributed by atoms with Crippen LogP contribution in [0.25, 0.3) is 0 Å². The number of urea groups is 1. The number of aliphatic carboxylic acids is 1. The van der Waals surface area contributed by atoms with Gasteiger partial charge in [0.25, 0.3) is 0 Å².